The number of rotatable bonds is 2. The predicted octanol–water partition coefficient (Wildman–Crippen LogP) is 3.72. The monoisotopic (exact) mass is 269 g/mol. The van der Waals surface area contributed by atoms with Crippen molar-refractivity contribution >= 4 is 11.5 Å². The van der Waals surface area contributed by atoms with Crippen molar-refractivity contribution in [1.29, 1.82) is 0 Å². The smallest absolute Gasteiger partial charge is 0.193 e. The molecule has 0 aromatic heterocycles. The lowest BCUT2D eigenvalue weighted by atomic mass is 9.92. The maximum atomic E-state index is 13.3. The molecule has 3 rings (SSSR count). The Morgan fingerprint density at radius 1 is 1.25 bits per heavy atom. The summed E-state index contributed by atoms with van der Waals surface area (Å²) in [7, 11) is 0. The predicted molar refractivity (Wildman–Crippen MR) is 77.8 cm³/mol. The van der Waals surface area contributed by atoms with Crippen molar-refractivity contribution in [2.75, 3.05) is 11.9 Å². The minimum Gasteiger partial charge on any atom is -0.385 e. The fourth-order valence-corrected chi connectivity index (χ4v) is 2.66. The van der Waals surface area contributed by atoms with E-state index < -0.39 is 0 Å². The van der Waals surface area contributed by atoms with E-state index in [4.69, 9.17) is 0 Å². The van der Waals surface area contributed by atoms with E-state index in [0.29, 0.717) is 11.1 Å². The summed E-state index contributed by atoms with van der Waals surface area (Å²) in [6.07, 6.45) is 1.93. The molecule has 0 unspecified atom stereocenters. The van der Waals surface area contributed by atoms with Crippen LogP contribution in [-0.2, 0) is 6.42 Å². The van der Waals surface area contributed by atoms with Crippen LogP contribution in [0.3, 0.4) is 0 Å². The molecule has 0 aliphatic carbocycles. The van der Waals surface area contributed by atoms with Crippen molar-refractivity contribution in [3.05, 3.63) is 64.5 Å². The van der Waals surface area contributed by atoms with Gasteiger partial charge in [-0.2, -0.15) is 0 Å². The molecule has 3 heteroatoms. The summed E-state index contributed by atoms with van der Waals surface area (Å²) < 4.78 is 13.3. The molecule has 0 atom stereocenters. The maximum absolute atomic E-state index is 13.3. The van der Waals surface area contributed by atoms with Crippen molar-refractivity contribution in [3.8, 4) is 0 Å². The lowest BCUT2D eigenvalue weighted by molar-refractivity contribution is 0.103. The maximum Gasteiger partial charge on any atom is 0.193 e. The van der Waals surface area contributed by atoms with Crippen LogP contribution < -0.4 is 5.32 Å². The van der Waals surface area contributed by atoms with Gasteiger partial charge in [0.15, 0.2) is 5.78 Å². The minimum atomic E-state index is -0.279. The number of fused-ring (bicyclic) bond motifs is 1. The largest absolute Gasteiger partial charge is 0.385 e. The van der Waals surface area contributed by atoms with Gasteiger partial charge in [0, 0.05) is 23.4 Å². The van der Waals surface area contributed by atoms with Crippen LogP contribution >= 0.6 is 0 Å². The Morgan fingerprint density at radius 2 is 2.10 bits per heavy atom. The molecule has 0 bridgehead atoms. The first-order valence-corrected chi connectivity index (χ1v) is 6.83. The van der Waals surface area contributed by atoms with E-state index in [0.717, 1.165) is 36.2 Å². The second kappa shape index (κ2) is 5.08. The van der Waals surface area contributed by atoms with Gasteiger partial charge in [0.25, 0.3) is 0 Å². The summed E-state index contributed by atoms with van der Waals surface area (Å²) in [5, 5.41) is 3.32. The van der Waals surface area contributed by atoms with Crippen LogP contribution in [0, 0.1) is 12.7 Å². The molecule has 0 saturated carbocycles. The number of benzene rings is 2. The van der Waals surface area contributed by atoms with E-state index >= 15 is 0 Å². The van der Waals surface area contributed by atoms with Crippen LogP contribution in [0.5, 0.6) is 0 Å². The quantitative estimate of drug-likeness (QED) is 0.842. The summed E-state index contributed by atoms with van der Waals surface area (Å²) in [5.41, 5.74) is 3.88. The first kappa shape index (κ1) is 12.9. The van der Waals surface area contributed by atoms with Gasteiger partial charge in [-0.25, -0.2) is 4.39 Å². The van der Waals surface area contributed by atoms with Crippen LogP contribution in [0.25, 0.3) is 0 Å². The number of nitrogens with one attached hydrogen (secondary N) is 1. The van der Waals surface area contributed by atoms with Crippen LogP contribution in [0.1, 0.15) is 33.5 Å². The van der Waals surface area contributed by atoms with E-state index in [1.165, 1.54) is 6.07 Å². The normalized spacial score (nSPS) is 13.5. The van der Waals surface area contributed by atoms with Crippen LogP contribution in [-0.4, -0.2) is 12.3 Å². The summed E-state index contributed by atoms with van der Waals surface area (Å²) in [4.78, 5) is 12.6. The molecule has 0 fully saturated rings. The van der Waals surface area contributed by atoms with Crippen molar-refractivity contribution in [2.24, 2.45) is 0 Å². The lowest BCUT2D eigenvalue weighted by Crippen LogP contribution is -2.16. The summed E-state index contributed by atoms with van der Waals surface area (Å²) in [5.74, 6) is -0.313. The molecule has 2 aromatic carbocycles. The van der Waals surface area contributed by atoms with Crippen LogP contribution in [0.15, 0.2) is 36.4 Å². The average molecular weight is 269 g/mol. The molecule has 2 aromatic rings. The molecule has 20 heavy (non-hydrogen) atoms. The fraction of sp³-hybridized carbons (Fsp3) is 0.235. The molecule has 1 aliphatic heterocycles. The molecule has 1 heterocycles. The Hall–Kier alpha value is -2.16. The summed E-state index contributed by atoms with van der Waals surface area (Å²) in [6.45, 7) is 2.62. The highest BCUT2D eigenvalue weighted by Crippen LogP contribution is 2.27. The SMILES string of the molecule is Cc1cc(C(=O)c2cccc3c2CCCN3)ccc1F. The Bertz CT molecular complexity index is 679. The Balaban J connectivity index is 2.04. The summed E-state index contributed by atoms with van der Waals surface area (Å²) >= 11 is 0. The van der Waals surface area contributed by atoms with Crippen LogP contribution in [0.4, 0.5) is 10.1 Å². The average Bonchev–Trinajstić information content (AvgIpc) is 2.49. The van der Waals surface area contributed by atoms with Crippen LogP contribution in [0.2, 0.25) is 0 Å². The molecule has 0 amide bonds. The highest BCUT2D eigenvalue weighted by atomic mass is 19.1. The number of aryl methyl sites for hydroxylation is 1. The Labute approximate surface area is 117 Å². The number of hydrogen-bond donors (Lipinski definition) is 1. The molecule has 0 saturated heterocycles. The van der Waals surface area contributed by atoms with Gasteiger partial charge < -0.3 is 5.32 Å². The Kier molecular flexibility index (Phi) is 3.26. The minimum absolute atomic E-state index is 0.0337. The fourth-order valence-electron chi connectivity index (χ4n) is 2.66. The van der Waals surface area contributed by atoms with Crippen molar-refractivity contribution in [1.82, 2.24) is 0 Å². The van der Waals surface area contributed by atoms with Gasteiger partial charge in [0.05, 0.1) is 0 Å². The van der Waals surface area contributed by atoms with E-state index in [1.807, 2.05) is 18.2 Å². The van der Waals surface area contributed by atoms with Gasteiger partial charge in [-0.05, 0) is 55.2 Å². The molecule has 1 aliphatic rings. The van der Waals surface area contributed by atoms with Crippen molar-refractivity contribution in [3.63, 3.8) is 0 Å². The molecular weight excluding hydrogens is 253 g/mol. The summed E-state index contributed by atoms with van der Waals surface area (Å²) in [6, 6.07) is 10.3. The third-order valence-corrected chi connectivity index (χ3v) is 3.76. The van der Waals surface area contributed by atoms with Crippen molar-refractivity contribution < 1.29 is 9.18 Å². The van der Waals surface area contributed by atoms with Gasteiger partial charge >= 0.3 is 0 Å². The zero-order valence-electron chi connectivity index (χ0n) is 11.4. The zero-order chi connectivity index (χ0) is 14.1. The first-order chi connectivity index (χ1) is 9.66. The van der Waals surface area contributed by atoms with Gasteiger partial charge in [-0.15, -0.1) is 0 Å². The number of carbonyl (C=O) groups excluding carboxylic acids is 1. The zero-order valence-corrected chi connectivity index (χ0v) is 11.4. The third kappa shape index (κ3) is 2.20. The topological polar surface area (TPSA) is 29.1 Å². The lowest BCUT2D eigenvalue weighted by Gasteiger charge is -2.20. The molecule has 0 spiro atoms. The van der Waals surface area contributed by atoms with E-state index in [9.17, 15) is 9.18 Å². The van der Waals surface area contributed by atoms with E-state index in [-0.39, 0.29) is 11.6 Å². The molecule has 102 valence electrons. The Morgan fingerprint density at radius 3 is 2.90 bits per heavy atom. The standard InChI is InChI=1S/C17H16FNO/c1-11-10-12(7-8-15(11)18)17(20)14-4-2-6-16-13(14)5-3-9-19-16/h2,4,6-8,10,19H,3,5,9H2,1H3. The highest BCUT2D eigenvalue weighted by molar-refractivity contribution is 6.10. The molecular formula is C17H16FNO. The third-order valence-electron chi connectivity index (χ3n) is 3.76. The number of carbonyl (C=O) groups is 1. The van der Waals surface area contributed by atoms with Gasteiger partial charge in [0.1, 0.15) is 5.82 Å². The highest BCUT2D eigenvalue weighted by Gasteiger charge is 2.18. The number of halogens is 1. The first-order valence-electron chi connectivity index (χ1n) is 6.83. The number of anilines is 1. The van der Waals surface area contributed by atoms with Gasteiger partial charge in [0.2, 0.25) is 0 Å². The number of ketones is 1. The second-order valence-corrected chi connectivity index (χ2v) is 5.16. The molecule has 0 radical (unpaired) electrons. The number of hydrogen-bond acceptors (Lipinski definition) is 2. The van der Waals surface area contributed by atoms with Gasteiger partial charge in [-0.3, -0.25) is 4.79 Å². The van der Waals surface area contributed by atoms with Gasteiger partial charge in [-0.1, -0.05) is 12.1 Å². The van der Waals surface area contributed by atoms with E-state index in [1.54, 1.807) is 19.1 Å². The van der Waals surface area contributed by atoms with Crippen molar-refractivity contribution in [2.45, 2.75) is 19.8 Å². The van der Waals surface area contributed by atoms with E-state index in [2.05, 4.69) is 5.32 Å². The second-order valence-electron chi connectivity index (χ2n) is 5.16. The molecule has 1 N–H and O–H groups in total. The molecule has 2 nitrogen and oxygen atoms in total.